The van der Waals surface area contributed by atoms with E-state index in [0.29, 0.717) is 30.2 Å². The Morgan fingerprint density at radius 1 is 1.11 bits per heavy atom. The summed E-state index contributed by atoms with van der Waals surface area (Å²) in [6.45, 7) is 5.63. The molecule has 0 radical (unpaired) electrons. The molecular weight excluding hydrogens is 686 g/mol. The highest BCUT2D eigenvalue weighted by molar-refractivity contribution is 7.94. The Balaban J connectivity index is 1.67. The number of likely N-dealkylation sites (N-methyl/N-ethyl adjacent to an activating group) is 1. The van der Waals surface area contributed by atoms with Crippen LogP contribution < -0.4 is 9.46 Å². The van der Waals surface area contributed by atoms with Gasteiger partial charge in [0.05, 0.1) is 35.3 Å². The molecule has 0 unspecified atom stereocenters. The van der Waals surface area contributed by atoms with Gasteiger partial charge in [0.1, 0.15) is 9.96 Å². The van der Waals surface area contributed by atoms with Gasteiger partial charge in [-0.05, 0) is 87.0 Å². The zero-order chi connectivity index (χ0) is 34.4. The molecule has 1 aliphatic heterocycles. The second kappa shape index (κ2) is 16.1. The Morgan fingerprint density at radius 3 is 2.49 bits per heavy atom. The van der Waals surface area contributed by atoms with Gasteiger partial charge in [-0.25, -0.2) is 16.8 Å². The number of fused-ring (bicyclic) bond motifs is 1. The lowest BCUT2D eigenvalue weighted by Gasteiger charge is -2.35. The molecule has 4 rings (SSSR count). The fourth-order valence-corrected chi connectivity index (χ4v) is 8.56. The molecule has 2 N–H and O–H groups in total. The van der Waals surface area contributed by atoms with E-state index in [-0.39, 0.29) is 52.1 Å². The molecular formula is C32H42ClN3O8S3. The van der Waals surface area contributed by atoms with Gasteiger partial charge in [0.25, 0.3) is 15.9 Å². The number of amides is 1. The van der Waals surface area contributed by atoms with E-state index in [9.17, 15) is 26.7 Å². The average molecular weight is 728 g/mol. The number of carbonyl (C=O) groups excluding carboxylic acids is 1. The molecule has 1 aromatic heterocycles. The normalized spacial score (nSPS) is 21.0. The van der Waals surface area contributed by atoms with Gasteiger partial charge in [0.2, 0.25) is 10.0 Å². The summed E-state index contributed by atoms with van der Waals surface area (Å²) in [5, 5.41) is 12.3. The van der Waals surface area contributed by atoms with E-state index in [4.69, 9.17) is 21.1 Å². The highest BCUT2D eigenvalue weighted by Crippen LogP contribution is 2.30. The monoisotopic (exact) mass is 727 g/mol. The maximum atomic E-state index is 14.3. The van der Waals surface area contributed by atoms with E-state index in [1.165, 1.54) is 52.7 Å². The summed E-state index contributed by atoms with van der Waals surface area (Å²) in [6, 6.07) is 13.0. The van der Waals surface area contributed by atoms with Gasteiger partial charge in [0.15, 0.2) is 0 Å². The number of sulfonamides is 2. The summed E-state index contributed by atoms with van der Waals surface area (Å²) < 4.78 is 69.2. The second-order valence-electron chi connectivity index (χ2n) is 11.8. The molecule has 47 heavy (non-hydrogen) atoms. The standard InChI is InChI=1S/C32H42ClN3O8S3/c1-22-19-36(23(2)21-37)32(38)28-18-26(34-46(39,40)31-9-7-17-45-31)12-15-29(28)44-24(3)8-5-6-16-43-30(22)20-35(4)47(41,42)27-13-10-25(33)11-14-27/h7,9-15,17-18,22-24,30,34,37H,5-6,8,16,19-21H2,1-4H3/t22-,23-,24-,30+/m0/s1. The predicted octanol–water partition coefficient (Wildman–Crippen LogP) is 5.32. The minimum absolute atomic E-state index is 0.0202. The first-order chi connectivity index (χ1) is 22.2. The fourth-order valence-electron chi connectivity index (χ4n) is 5.21. The quantitative estimate of drug-likeness (QED) is 0.302. The Bertz CT molecular complexity index is 1700. The van der Waals surface area contributed by atoms with Crippen LogP contribution in [0.15, 0.2) is 69.1 Å². The lowest BCUT2D eigenvalue weighted by Crippen LogP contribution is -2.48. The van der Waals surface area contributed by atoms with Crippen LogP contribution in [0.1, 0.15) is 50.4 Å². The molecule has 4 atom stereocenters. The van der Waals surface area contributed by atoms with E-state index < -0.39 is 38.1 Å². The number of ether oxygens (including phenoxy) is 2. The van der Waals surface area contributed by atoms with Gasteiger partial charge in [-0.2, -0.15) is 4.31 Å². The van der Waals surface area contributed by atoms with Crippen molar-refractivity contribution in [3.8, 4) is 5.75 Å². The van der Waals surface area contributed by atoms with Gasteiger partial charge in [0, 0.05) is 43.4 Å². The number of thiophene rings is 1. The van der Waals surface area contributed by atoms with Gasteiger partial charge >= 0.3 is 0 Å². The number of anilines is 1. The van der Waals surface area contributed by atoms with E-state index in [1.54, 1.807) is 30.5 Å². The lowest BCUT2D eigenvalue weighted by molar-refractivity contribution is -0.00833. The van der Waals surface area contributed by atoms with Crippen LogP contribution in [0.5, 0.6) is 5.75 Å². The number of hydrogen-bond acceptors (Lipinski definition) is 9. The highest BCUT2D eigenvalue weighted by atomic mass is 35.5. The summed E-state index contributed by atoms with van der Waals surface area (Å²) >= 11 is 7.04. The molecule has 258 valence electrons. The van der Waals surface area contributed by atoms with E-state index in [0.717, 1.165) is 17.8 Å². The molecule has 1 aliphatic rings. The maximum Gasteiger partial charge on any atom is 0.271 e. The van der Waals surface area contributed by atoms with Crippen LogP contribution in [0.3, 0.4) is 0 Å². The van der Waals surface area contributed by atoms with Crippen molar-refractivity contribution >= 4 is 54.6 Å². The number of benzene rings is 2. The third-order valence-corrected chi connectivity index (χ3v) is 12.9. The number of aliphatic hydroxyl groups is 1. The van der Waals surface area contributed by atoms with Crippen molar-refractivity contribution in [3.63, 3.8) is 0 Å². The van der Waals surface area contributed by atoms with Crippen LogP contribution in [-0.2, 0) is 24.8 Å². The molecule has 0 aliphatic carbocycles. The Morgan fingerprint density at radius 2 is 1.83 bits per heavy atom. The maximum absolute atomic E-state index is 14.3. The van der Waals surface area contributed by atoms with Crippen LogP contribution in [0.25, 0.3) is 0 Å². The van der Waals surface area contributed by atoms with Crippen molar-refractivity contribution in [1.82, 2.24) is 9.21 Å². The van der Waals surface area contributed by atoms with Crippen molar-refractivity contribution in [3.05, 3.63) is 70.6 Å². The molecule has 3 aromatic rings. The first-order valence-electron chi connectivity index (χ1n) is 15.3. The van der Waals surface area contributed by atoms with Crippen LogP contribution in [0.2, 0.25) is 5.02 Å². The minimum atomic E-state index is -3.88. The average Bonchev–Trinajstić information content (AvgIpc) is 3.59. The number of carbonyl (C=O) groups is 1. The number of aliphatic hydroxyl groups excluding tert-OH is 1. The van der Waals surface area contributed by atoms with Crippen molar-refractivity contribution in [2.24, 2.45) is 5.92 Å². The first-order valence-corrected chi connectivity index (χ1v) is 19.5. The molecule has 1 amide bonds. The summed E-state index contributed by atoms with van der Waals surface area (Å²) in [7, 11) is -6.27. The summed E-state index contributed by atoms with van der Waals surface area (Å²) in [6.07, 6.45) is 1.26. The minimum Gasteiger partial charge on any atom is -0.490 e. The number of nitrogens with zero attached hydrogens (tertiary/aromatic N) is 2. The van der Waals surface area contributed by atoms with Crippen molar-refractivity contribution in [2.75, 3.05) is 38.1 Å². The van der Waals surface area contributed by atoms with Crippen molar-refractivity contribution in [1.29, 1.82) is 0 Å². The van der Waals surface area contributed by atoms with Gasteiger partial charge in [-0.15, -0.1) is 11.3 Å². The molecule has 0 saturated carbocycles. The van der Waals surface area contributed by atoms with Gasteiger partial charge in [-0.1, -0.05) is 24.6 Å². The van der Waals surface area contributed by atoms with Crippen molar-refractivity contribution in [2.45, 2.75) is 67.4 Å². The number of nitrogens with one attached hydrogen (secondary N) is 1. The van der Waals surface area contributed by atoms with Crippen LogP contribution in [-0.4, -0.2) is 88.7 Å². The first kappa shape index (κ1) is 37.1. The van der Waals surface area contributed by atoms with Crippen LogP contribution in [0, 0.1) is 5.92 Å². The van der Waals surface area contributed by atoms with Gasteiger partial charge < -0.3 is 19.5 Å². The fraction of sp³-hybridized carbons (Fsp3) is 0.469. The van der Waals surface area contributed by atoms with E-state index in [2.05, 4.69) is 4.72 Å². The predicted molar refractivity (Wildman–Crippen MR) is 183 cm³/mol. The smallest absolute Gasteiger partial charge is 0.271 e. The SMILES string of the molecule is C[C@H]1CCCCO[C@H](CN(C)S(=O)(=O)c2ccc(Cl)cc2)[C@@H](C)CN([C@@H](C)CO)C(=O)c2cc(NS(=O)(=O)c3cccs3)ccc2O1. The van der Waals surface area contributed by atoms with E-state index in [1.807, 2.05) is 13.8 Å². The summed E-state index contributed by atoms with van der Waals surface area (Å²) in [4.78, 5) is 15.9. The topological polar surface area (TPSA) is 143 Å². The molecule has 0 saturated heterocycles. The van der Waals surface area contributed by atoms with Gasteiger partial charge in [-0.3, -0.25) is 9.52 Å². The molecule has 11 nitrogen and oxygen atoms in total. The molecule has 0 fully saturated rings. The number of rotatable bonds is 9. The largest absolute Gasteiger partial charge is 0.490 e. The Hall–Kier alpha value is -2.72. The van der Waals surface area contributed by atoms with Crippen LogP contribution >= 0.6 is 22.9 Å². The lowest BCUT2D eigenvalue weighted by atomic mass is 10.0. The molecule has 2 aromatic carbocycles. The summed E-state index contributed by atoms with van der Waals surface area (Å²) in [5.41, 5.74) is 0.315. The Kier molecular flexibility index (Phi) is 12.7. The third kappa shape index (κ3) is 9.46. The zero-order valence-corrected chi connectivity index (χ0v) is 30.0. The summed E-state index contributed by atoms with van der Waals surface area (Å²) in [5.74, 6) is -0.554. The Labute approximate surface area is 286 Å². The molecule has 2 heterocycles. The molecule has 0 spiro atoms. The number of hydrogen-bond donors (Lipinski definition) is 2. The number of halogens is 1. The third-order valence-electron chi connectivity index (χ3n) is 8.02. The van der Waals surface area contributed by atoms with E-state index >= 15 is 0 Å². The zero-order valence-electron chi connectivity index (χ0n) is 26.8. The highest BCUT2D eigenvalue weighted by Gasteiger charge is 2.32. The van der Waals surface area contributed by atoms with Crippen LogP contribution in [0.4, 0.5) is 5.69 Å². The molecule has 15 heteroatoms. The molecule has 0 bridgehead atoms. The van der Waals surface area contributed by atoms with Crippen molar-refractivity contribution < 1.29 is 36.2 Å². The second-order valence-corrected chi connectivity index (χ2v) is 17.1.